The van der Waals surface area contributed by atoms with Gasteiger partial charge in [0.05, 0.1) is 6.04 Å². The van der Waals surface area contributed by atoms with Gasteiger partial charge in [0.2, 0.25) is 0 Å². The number of thiazole rings is 1. The van der Waals surface area contributed by atoms with E-state index in [0.717, 1.165) is 5.01 Å². The summed E-state index contributed by atoms with van der Waals surface area (Å²) in [4.78, 5) is 14.4. The van der Waals surface area contributed by atoms with E-state index in [1.165, 1.54) is 0 Å². The Morgan fingerprint density at radius 1 is 1.86 bits per heavy atom. The molecule has 0 spiro atoms. The van der Waals surface area contributed by atoms with Crippen LogP contribution in [0.1, 0.15) is 18.0 Å². The number of nitrogens with two attached hydrogens (primary N) is 1. The van der Waals surface area contributed by atoms with Crippen molar-refractivity contribution in [3.63, 3.8) is 0 Å². The van der Waals surface area contributed by atoms with Gasteiger partial charge < -0.3 is 15.8 Å². The van der Waals surface area contributed by atoms with Crippen molar-refractivity contribution in [2.24, 2.45) is 5.73 Å². The number of ether oxygens (including phenoxy) is 1. The summed E-state index contributed by atoms with van der Waals surface area (Å²) in [5, 5.41) is 6.10. The molecule has 1 atom stereocenters. The molecule has 5 nitrogen and oxygen atoms in total. The molecular weight excluding hydrogens is 202 g/mol. The van der Waals surface area contributed by atoms with Gasteiger partial charge in [-0.2, -0.15) is 0 Å². The van der Waals surface area contributed by atoms with Gasteiger partial charge in [0.25, 0.3) is 0 Å². The maximum Gasteiger partial charge on any atom is 0.404 e. The molecule has 1 heterocycles. The molecule has 0 aliphatic carbocycles. The fourth-order valence-electron chi connectivity index (χ4n) is 0.963. The number of amides is 1. The normalized spacial score (nSPS) is 12.4. The summed E-state index contributed by atoms with van der Waals surface area (Å²) < 4.78 is 4.57. The van der Waals surface area contributed by atoms with Gasteiger partial charge in [-0.25, -0.2) is 9.78 Å². The Morgan fingerprint density at radius 2 is 2.64 bits per heavy atom. The van der Waals surface area contributed by atoms with Crippen LogP contribution in [0.2, 0.25) is 0 Å². The second kappa shape index (κ2) is 5.56. The van der Waals surface area contributed by atoms with Crippen LogP contribution in [0, 0.1) is 0 Å². The molecule has 0 bridgehead atoms. The number of carbonyl (C=O) groups is 1. The van der Waals surface area contributed by atoms with Gasteiger partial charge >= 0.3 is 6.09 Å². The van der Waals surface area contributed by atoms with Crippen LogP contribution >= 0.6 is 11.3 Å². The van der Waals surface area contributed by atoms with Crippen molar-refractivity contribution < 1.29 is 9.53 Å². The summed E-state index contributed by atoms with van der Waals surface area (Å²) in [5.41, 5.74) is 4.80. The summed E-state index contributed by atoms with van der Waals surface area (Å²) in [7, 11) is 0. The first kappa shape index (κ1) is 10.9. The van der Waals surface area contributed by atoms with Gasteiger partial charge in [0.1, 0.15) is 11.6 Å². The zero-order valence-electron chi connectivity index (χ0n) is 7.90. The Kier molecular flexibility index (Phi) is 4.34. The first-order valence-electron chi connectivity index (χ1n) is 4.25. The second-order valence-corrected chi connectivity index (χ2v) is 3.64. The van der Waals surface area contributed by atoms with Gasteiger partial charge in [0, 0.05) is 18.1 Å². The molecule has 1 amide bonds. The third-order valence-corrected chi connectivity index (χ3v) is 2.58. The number of aromatic nitrogens is 1. The fraction of sp³-hybridized carbons (Fsp3) is 0.500. The number of hydrogen-bond donors (Lipinski definition) is 2. The van der Waals surface area contributed by atoms with E-state index in [1.54, 1.807) is 17.5 Å². The van der Waals surface area contributed by atoms with E-state index in [4.69, 9.17) is 5.73 Å². The Hall–Kier alpha value is -1.14. The van der Waals surface area contributed by atoms with Crippen molar-refractivity contribution in [2.45, 2.75) is 13.0 Å². The van der Waals surface area contributed by atoms with Crippen molar-refractivity contribution in [3.8, 4) is 0 Å². The van der Waals surface area contributed by atoms with Crippen LogP contribution < -0.4 is 11.1 Å². The lowest BCUT2D eigenvalue weighted by Crippen LogP contribution is -2.25. The molecule has 0 saturated heterocycles. The zero-order chi connectivity index (χ0) is 10.4. The first-order valence-corrected chi connectivity index (χ1v) is 5.13. The molecule has 0 saturated carbocycles. The third-order valence-electron chi connectivity index (χ3n) is 1.62. The summed E-state index contributed by atoms with van der Waals surface area (Å²) in [6.45, 7) is 2.86. The highest BCUT2D eigenvalue weighted by molar-refractivity contribution is 7.09. The average Bonchev–Trinajstić information content (AvgIpc) is 2.64. The van der Waals surface area contributed by atoms with E-state index in [1.807, 2.05) is 12.3 Å². The van der Waals surface area contributed by atoms with Gasteiger partial charge in [-0.1, -0.05) is 0 Å². The molecule has 78 valence electrons. The number of hydrogen-bond acceptors (Lipinski definition) is 5. The third kappa shape index (κ3) is 3.71. The summed E-state index contributed by atoms with van der Waals surface area (Å²) in [6.07, 6.45) is 1.02. The van der Waals surface area contributed by atoms with E-state index < -0.39 is 6.09 Å². The zero-order valence-corrected chi connectivity index (χ0v) is 8.71. The topological polar surface area (TPSA) is 77.2 Å². The Morgan fingerprint density at radius 3 is 3.21 bits per heavy atom. The summed E-state index contributed by atoms with van der Waals surface area (Å²) in [6, 6.07) is 0.173. The molecule has 0 fully saturated rings. The molecule has 0 aromatic carbocycles. The minimum atomic E-state index is -0.742. The number of carbonyl (C=O) groups excluding carboxylic acids is 1. The highest BCUT2D eigenvalue weighted by Gasteiger charge is 2.06. The number of rotatable bonds is 5. The van der Waals surface area contributed by atoms with Crippen LogP contribution in [0.4, 0.5) is 4.79 Å². The summed E-state index contributed by atoms with van der Waals surface area (Å²) >= 11 is 1.59. The maximum atomic E-state index is 10.2. The number of nitrogens with one attached hydrogen (secondary N) is 1. The maximum absolute atomic E-state index is 10.2. The highest BCUT2D eigenvalue weighted by Crippen LogP contribution is 2.13. The van der Waals surface area contributed by atoms with E-state index in [0.29, 0.717) is 6.54 Å². The van der Waals surface area contributed by atoms with Crippen LogP contribution in [-0.2, 0) is 4.74 Å². The van der Waals surface area contributed by atoms with E-state index >= 15 is 0 Å². The predicted octanol–water partition coefficient (Wildman–Crippen LogP) is 0.889. The van der Waals surface area contributed by atoms with Crippen molar-refractivity contribution in [1.82, 2.24) is 10.3 Å². The molecule has 1 unspecified atom stereocenters. The van der Waals surface area contributed by atoms with E-state index in [9.17, 15) is 4.79 Å². The largest absolute Gasteiger partial charge is 0.448 e. The molecule has 0 aliphatic heterocycles. The molecule has 1 aromatic rings. The fourth-order valence-corrected chi connectivity index (χ4v) is 1.63. The second-order valence-electron chi connectivity index (χ2n) is 2.71. The van der Waals surface area contributed by atoms with Crippen LogP contribution in [0.5, 0.6) is 0 Å². The van der Waals surface area contributed by atoms with Crippen LogP contribution in [0.15, 0.2) is 11.6 Å². The SMILES string of the molecule is CC(NCCOC(N)=O)c1nccs1. The lowest BCUT2D eigenvalue weighted by molar-refractivity contribution is 0.156. The van der Waals surface area contributed by atoms with Crippen LogP contribution in [0.3, 0.4) is 0 Å². The van der Waals surface area contributed by atoms with Crippen molar-refractivity contribution in [2.75, 3.05) is 13.2 Å². The van der Waals surface area contributed by atoms with Crippen LogP contribution in [0.25, 0.3) is 0 Å². The molecule has 1 aromatic heterocycles. The van der Waals surface area contributed by atoms with E-state index in [2.05, 4.69) is 15.0 Å². The molecule has 0 aliphatic rings. The molecule has 6 heteroatoms. The van der Waals surface area contributed by atoms with Gasteiger partial charge in [-0.3, -0.25) is 0 Å². The molecular formula is C8H13N3O2S. The summed E-state index contributed by atoms with van der Waals surface area (Å²) in [5.74, 6) is 0. The minimum Gasteiger partial charge on any atom is -0.448 e. The molecule has 14 heavy (non-hydrogen) atoms. The molecule has 1 rings (SSSR count). The number of primary amides is 1. The smallest absolute Gasteiger partial charge is 0.404 e. The molecule has 0 radical (unpaired) electrons. The predicted molar refractivity (Wildman–Crippen MR) is 54.1 cm³/mol. The monoisotopic (exact) mass is 215 g/mol. The van der Waals surface area contributed by atoms with Crippen molar-refractivity contribution >= 4 is 17.4 Å². The standard InChI is InChI=1S/C8H13N3O2S/c1-6(7-11-3-5-14-7)10-2-4-13-8(9)12/h3,5-6,10H,2,4H2,1H3,(H2,9,12). The van der Waals surface area contributed by atoms with Gasteiger partial charge in [-0.05, 0) is 6.92 Å². The van der Waals surface area contributed by atoms with Gasteiger partial charge in [-0.15, -0.1) is 11.3 Å². The van der Waals surface area contributed by atoms with Crippen molar-refractivity contribution in [1.29, 1.82) is 0 Å². The quantitative estimate of drug-likeness (QED) is 0.715. The lowest BCUT2D eigenvalue weighted by Gasteiger charge is -2.10. The minimum absolute atomic E-state index is 0.173. The lowest BCUT2D eigenvalue weighted by atomic mass is 10.3. The van der Waals surface area contributed by atoms with E-state index in [-0.39, 0.29) is 12.6 Å². The average molecular weight is 215 g/mol. The highest BCUT2D eigenvalue weighted by atomic mass is 32.1. The Balaban J connectivity index is 2.16. The first-order chi connectivity index (χ1) is 6.70. The number of nitrogens with zero attached hydrogens (tertiary/aromatic N) is 1. The molecule has 3 N–H and O–H groups in total. The Bertz CT molecular complexity index is 276. The van der Waals surface area contributed by atoms with Crippen LogP contribution in [-0.4, -0.2) is 24.2 Å². The Labute approximate surface area is 86.3 Å². The van der Waals surface area contributed by atoms with Gasteiger partial charge in [0.15, 0.2) is 0 Å². The van der Waals surface area contributed by atoms with Crippen molar-refractivity contribution in [3.05, 3.63) is 16.6 Å².